The fourth-order valence-electron chi connectivity index (χ4n) is 5.08. The summed E-state index contributed by atoms with van der Waals surface area (Å²) in [6.45, 7) is 2.59. The van der Waals surface area contributed by atoms with Gasteiger partial charge in [-0.25, -0.2) is 10.1 Å². The van der Waals surface area contributed by atoms with E-state index < -0.39 is 23.3 Å². The van der Waals surface area contributed by atoms with Crippen LogP contribution in [0, 0.1) is 11.3 Å². The Morgan fingerprint density at radius 2 is 1.93 bits per heavy atom. The molecule has 1 amide bonds. The van der Waals surface area contributed by atoms with Crippen molar-refractivity contribution in [2.45, 2.75) is 25.1 Å². The summed E-state index contributed by atoms with van der Waals surface area (Å²) in [5.74, 6) is 1.03. The highest BCUT2D eigenvalue weighted by Crippen LogP contribution is 2.36. The molecule has 13 heteroatoms. The van der Waals surface area contributed by atoms with E-state index in [-0.39, 0.29) is 18.2 Å². The molecule has 1 N–H and O–H groups in total. The van der Waals surface area contributed by atoms with Gasteiger partial charge >= 0.3 is 6.18 Å². The van der Waals surface area contributed by atoms with E-state index in [1.165, 1.54) is 11.1 Å². The van der Waals surface area contributed by atoms with Gasteiger partial charge < -0.3 is 19.4 Å². The normalized spacial score (nSPS) is 17.6. The van der Waals surface area contributed by atoms with Crippen LogP contribution in [0.4, 0.5) is 24.7 Å². The van der Waals surface area contributed by atoms with Gasteiger partial charge in [0.1, 0.15) is 29.8 Å². The summed E-state index contributed by atoms with van der Waals surface area (Å²) in [5, 5.41) is 14.4. The molecule has 1 atom stereocenters. The summed E-state index contributed by atoms with van der Waals surface area (Å²) in [5.41, 5.74) is -1.88. The predicted molar refractivity (Wildman–Crippen MR) is 139 cm³/mol. The first-order valence-electron chi connectivity index (χ1n) is 12.8. The number of anilines is 2. The molecule has 0 radical (unpaired) electrons. The number of nitrogens with zero attached hydrogens (tertiary/aromatic N) is 6. The average molecular weight is 554 g/mol. The van der Waals surface area contributed by atoms with Crippen molar-refractivity contribution in [1.29, 1.82) is 5.26 Å². The number of alkyl halides is 3. The van der Waals surface area contributed by atoms with Gasteiger partial charge in [-0.2, -0.15) is 23.5 Å². The molecule has 2 aromatic heterocycles. The summed E-state index contributed by atoms with van der Waals surface area (Å²) >= 11 is 0. The maximum atomic E-state index is 13.6. The van der Waals surface area contributed by atoms with Crippen molar-refractivity contribution in [2.75, 3.05) is 49.1 Å². The lowest BCUT2D eigenvalue weighted by atomic mass is 10.1. The fraction of sp³-hybridized carbons (Fsp3) is 0.370. The molecule has 0 spiro atoms. The number of aromatic nitrogens is 3. The van der Waals surface area contributed by atoms with E-state index in [1.54, 1.807) is 41.3 Å². The second kappa shape index (κ2) is 11.3. The minimum atomic E-state index is -4.82. The minimum absolute atomic E-state index is 0.0814. The van der Waals surface area contributed by atoms with Gasteiger partial charge in [-0.3, -0.25) is 9.59 Å². The van der Waals surface area contributed by atoms with E-state index in [2.05, 4.69) is 15.0 Å². The van der Waals surface area contributed by atoms with Gasteiger partial charge in [-0.1, -0.05) is 6.07 Å². The first-order valence-corrected chi connectivity index (χ1v) is 12.8. The Morgan fingerprint density at radius 1 is 1.12 bits per heavy atom. The number of carbonyl (C=O) groups is 1. The molecule has 1 aromatic carbocycles. The fourth-order valence-corrected chi connectivity index (χ4v) is 5.08. The predicted octanol–water partition coefficient (Wildman–Crippen LogP) is 3.07. The van der Waals surface area contributed by atoms with Crippen molar-refractivity contribution in [3.8, 4) is 11.8 Å². The van der Waals surface area contributed by atoms with Crippen LogP contribution in [0.1, 0.15) is 34.3 Å². The SMILES string of the molecule is N#Cc1ccc(N2CCN(C(=O)c3cccc(OCC4CCCN4c4cn[nH]c(=O)c4C(F)(F)F)c3)CC2)nc1. The quantitative estimate of drug-likeness (QED) is 0.495. The van der Waals surface area contributed by atoms with Crippen LogP contribution in [-0.4, -0.2) is 71.4 Å². The van der Waals surface area contributed by atoms with Crippen LogP contribution in [-0.2, 0) is 6.18 Å². The van der Waals surface area contributed by atoms with Crippen LogP contribution < -0.4 is 20.1 Å². The molecule has 1 unspecified atom stereocenters. The summed E-state index contributed by atoms with van der Waals surface area (Å²) in [4.78, 5) is 34.7. The summed E-state index contributed by atoms with van der Waals surface area (Å²) in [6, 6.07) is 11.9. The van der Waals surface area contributed by atoms with E-state index >= 15 is 0 Å². The van der Waals surface area contributed by atoms with E-state index in [1.807, 2.05) is 11.2 Å². The molecule has 0 bridgehead atoms. The summed E-state index contributed by atoms with van der Waals surface area (Å²) in [6.07, 6.45) is -1.05. The minimum Gasteiger partial charge on any atom is -0.491 e. The third-order valence-corrected chi connectivity index (χ3v) is 7.10. The first kappa shape index (κ1) is 27.0. The largest absolute Gasteiger partial charge is 0.491 e. The number of aromatic amines is 1. The zero-order valence-corrected chi connectivity index (χ0v) is 21.4. The highest BCUT2D eigenvalue weighted by molar-refractivity contribution is 5.94. The third kappa shape index (κ3) is 5.70. The molecule has 0 aliphatic carbocycles. The second-order valence-electron chi connectivity index (χ2n) is 9.58. The van der Waals surface area contributed by atoms with Crippen LogP contribution in [0.5, 0.6) is 5.75 Å². The topological polar surface area (TPSA) is 118 Å². The Morgan fingerprint density at radius 3 is 2.62 bits per heavy atom. The monoisotopic (exact) mass is 553 g/mol. The smallest absolute Gasteiger partial charge is 0.423 e. The Kier molecular flexibility index (Phi) is 7.59. The number of nitriles is 1. The van der Waals surface area contributed by atoms with E-state index in [9.17, 15) is 22.8 Å². The lowest BCUT2D eigenvalue weighted by molar-refractivity contribution is -0.138. The van der Waals surface area contributed by atoms with Gasteiger partial charge in [0, 0.05) is 44.5 Å². The summed E-state index contributed by atoms with van der Waals surface area (Å²) < 4.78 is 46.7. The zero-order chi connectivity index (χ0) is 28.3. The number of ether oxygens (including phenoxy) is 1. The van der Waals surface area contributed by atoms with Crippen molar-refractivity contribution in [3.05, 3.63) is 75.8 Å². The molecular formula is C27H26F3N7O3. The molecule has 40 heavy (non-hydrogen) atoms. The molecule has 208 valence electrons. The van der Waals surface area contributed by atoms with Gasteiger partial charge in [-0.05, 0) is 43.2 Å². The molecular weight excluding hydrogens is 527 g/mol. The zero-order valence-electron chi connectivity index (χ0n) is 21.4. The maximum absolute atomic E-state index is 13.6. The van der Waals surface area contributed by atoms with Crippen LogP contribution in [0.25, 0.3) is 0 Å². The van der Waals surface area contributed by atoms with Gasteiger partial charge in [-0.15, -0.1) is 0 Å². The molecule has 0 saturated carbocycles. The Hall–Kier alpha value is -4.60. The Balaban J connectivity index is 1.21. The van der Waals surface area contributed by atoms with Crippen LogP contribution in [0.2, 0.25) is 0 Å². The number of nitrogens with one attached hydrogen (secondary N) is 1. The number of hydrogen-bond acceptors (Lipinski definition) is 8. The Labute approximate surface area is 227 Å². The van der Waals surface area contributed by atoms with Crippen LogP contribution in [0.3, 0.4) is 0 Å². The molecule has 2 aliphatic heterocycles. The molecule has 10 nitrogen and oxygen atoms in total. The first-order chi connectivity index (χ1) is 19.2. The van der Waals surface area contributed by atoms with Gasteiger partial charge in [0.05, 0.1) is 23.5 Å². The van der Waals surface area contributed by atoms with Gasteiger partial charge in [0.25, 0.3) is 11.5 Å². The molecule has 5 rings (SSSR count). The Bertz CT molecular complexity index is 1460. The highest BCUT2D eigenvalue weighted by atomic mass is 19.4. The van der Waals surface area contributed by atoms with Crippen molar-refractivity contribution in [1.82, 2.24) is 20.1 Å². The average Bonchev–Trinajstić information content (AvgIpc) is 3.44. The second-order valence-corrected chi connectivity index (χ2v) is 9.58. The third-order valence-electron chi connectivity index (χ3n) is 7.10. The molecule has 2 saturated heterocycles. The van der Waals surface area contributed by atoms with Crippen molar-refractivity contribution in [3.63, 3.8) is 0 Å². The number of H-pyrrole nitrogens is 1. The maximum Gasteiger partial charge on any atom is 0.423 e. The summed E-state index contributed by atoms with van der Waals surface area (Å²) in [7, 11) is 0. The molecule has 2 fully saturated rings. The van der Waals surface area contributed by atoms with Crippen molar-refractivity contribution in [2.24, 2.45) is 0 Å². The number of amides is 1. The molecule has 2 aliphatic rings. The van der Waals surface area contributed by atoms with Crippen LogP contribution in [0.15, 0.2) is 53.6 Å². The standard InChI is InChI=1S/C27H26F3N7O3/c28-27(29,30)24-22(16-33-34-25(24)38)37-8-2-4-20(37)17-40-21-5-1-3-19(13-21)26(39)36-11-9-35(10-12-36)23-7-6-18(14-31)15-32-23/h1,3,5-7,13,15-16,20H,2,4,8-12,17H2,(H,34,38). The number of rotatable bonds is 6. The number of pyridine rings is 1. The lowest BCUT2D eigenvalue weighted by Gasteiger charge is -2.35. The van der Waals surface area contributed by atoms with Gasteiger partial charge in [0.2, 0.25) is 0 Å². The molecule has 4 heterocycles. The van der Waals surface area contributed by atoms with Crippen molar-refractivity contribution >= 4 is 17.4 Å². The highest BCUT2D eigenvalue weighted by Gasteiger charge is 2.40. The number of piperazine rings is 1. The lowest BCUT2D eigenvalue weighted by Crippen LogP contribution is -2.49. The number of halogens is 3. The number of carbonyl (C=O) groups excluding carboxylic acids is 1. The van der Waals surface area contributed by atoms with E-state index in [0.717, 1.165) is 12.0 Å². The number of hydrogen-bond donors (Lipinski definition) is 1. The van der Waals surface area contributed by atoms with Gasteiger partial charge in [0.15, 0.2) is 0 Å². The van der Waals surface area contributed by atoms with Crippen molar-refractivity contribution < 1.29 is 22.7 Å². The molecule has 3 aromatic rings. The van der Waals surface area contributed by atoms with Crippen LogP contribution >= 0.6 is 0 Å². The van der Waals surface area contributed by atoms with E-state index in [4.69, 9.17) is 10.00 Å². The number of benzene rings is 1. The van der Waals surface area contributed by atoms with E-state index in [0.29, 0.717) is 62.4 Å².